The maximum atomic E-state index is 11.7. The number of nitrogens with one attached hydrogen (secondary N) is 2. The first-order chi connectivity index (χ1) is 7.90. The van der Waals surface area contributed by atoms with E-state index in [0.29, 0.717) is 5.69 Å². The van der Waals surface area contributed by atoms with Crippen LogP contribution < -0.4 is 16.4 Å². The summed E-state index contributed by atoms with van der Waals surface area (Å²) in [5.74, 6) is -0.0122. The molecule has 1 amide bonds. The first-order valence-electron chi connectivity index (χ1n) is 5.83. The molecule has 1 aromatic rings. The molecule has 0 aliphatic carbocycles. The van der Waals surface area contributed by atoms with Crippen molar-refractivity contribution >= 4 is 17.3 Å². The summed E-state index contributed by atoms with van der Waals surface area (Å²) < 4.78 is 0. The van der Waals surface area contributed by atoms with Gasteiger partial charge in [0, 0.05) is 17.4 Å². The Bertz CT molecular complexity index is 402. The van der Waals surface area contributed by atoms with Crippen LogP contribution in [-0.4, -0.2) is 18.0 Å². The number of carbonyl (C=O) groups excluding carboxylic acids is 1. The van der Waals surface area contributed by atoms with Crippen molar-refractivity contribution in [3.8, 4) is 0 Å². The zero-order valence-corrected chi connectivity index (χ0v) is 10.9. The molecular formula is C13H21N3O. The van der Waals surface area contributed by atoms with Gasteiger partial charge in [0.25, 0.3) is 0 Å². The normalized spacial score (nSPS) is 12.3. The van der Waals surface area contributed by atoms with Gasteiger partial charge < -0.3 is 16.4 Å². The molecular weight excluding hydrogens is 214 g/mol. The summed E-state index contributed by atoms with van der Waals surface area (Å²) in [6.07, 6.45) is 0. The largest absolute Gasteiger partial charge is 0.399 e. The minimum absolute atomic E-state index is 0.0122. The lowest BCUT2D eigenvalue weighted by Gasteiger charge is -2.18. The van der Waals surface area contributed by atoms with Crippen LogP contribution >= 0.6 is 0 Å². The second-order valence-corrected chi connectivity index (χ2v) is 4.60. The molecule has 0 aliphatic rings. The van der Waals surface area contributed by atoms with E-state index in [2.05, 4.69) is 10.6 Å². The van der Waals surface area contributed by atoms with Gasteiger partial charge in [0.15, 0.2) is 0 Å². The smallest absolute Gasteiger partial charge is 0.242 e. The molecule has 0 heterocycles. The predicted octanol–water partition coefficient (Wildman–Crippen LogP) is 1.90. The molecule has 94 valence electrons. The van der Waals surface area contributed by atoms with Crippen LogP contribution in [0.1, 0.15) is 26.3 Å². The van der Waals surface area contributed by atoms with E-state index in [1.807, 2.05) is 45.9 Å². The maximum Gasteiger partial charge on any atom is 0.242 e. The van der Waals surface area contributed by atoms with Crippen molar-refractivity contribution in [1.29, 1.82) is 0 Å². The molecule has 4 N–H and O–H groups in total. The Kier molecular flexibility index (Phi) is 4.37. The standard InChI is InChI=1S/C13H21N3O/c1-8(2)15-13(17)10(4)16-12-7-11(14)6-5-9(12)3/h5-8,10,16H,14H2,1-4H3,(H,15,17). The van der Waals surface area contributed by atoms with E-state index < -0.39 is 0 Å². The SMILES string of the molecule is Cc1ccc(N)cc1NC(C)C(=O)NC(C)C. The van der Waals surface area contributed by atoms with Crippen molar-refractivity contribution in [3.05, 3.63) is 23.8 Å². The van der Waals surface area contributed by atoms with Crippen LogP contribution in [0, 0.1) is 6.92 Å². The highest BCUT2D eigenvalue weighted by Gasteiger charge is 2.14. The van der Waals surface area contributed by atoms with Crippen LogP contribution in [0.5, 0.6) is 0 Å². The fourth-order valence-electron chi connectivity index (χ4n) is 1.50. The van der Waals surface area contributed by atoms with Crippen LogP contribution in [0.3, 0.4) is 0 Å². The van der Waals surface area contributed by atoms with Gasteiger partial charge >= 0.3 is 0 Å². The van der Waals surface area contributed by atoms with E-state index in [9.17, 15) is 4.79 Å². The Balaban J connectivity index is 2.70. The molecule has 1 aromatic carbocycles. The van der Waals surface area contributed by atoms with Gasteiger partial charge in [-0.1, -0.05) is 6.07 Å². The lowest BCUT2D eigenvalue weighted by molar-refractivity contribution is -0.122. The van der Waals surface area contributed by atoms with E-state index in [1.165, 1.54) is 0 Å². The molecule has 0 aromatic heterocycles. The van der Waals surface area contributed by atoms with Gasteiger partial charge in [-0.3, -0.25) is 4.79 Å². The predicted molar refractivity (Wildman–Crippen MR) is 72.0 cm³/mol. The second kappa shape index (κ2) is 5.57. The summed E-state index contributed by atoms with van der Waals surface area (Å²) in [6.45, 7) is 7.70. The highest BCUT2D eigenvalue weighted by molar-refractivity contribution is 5.84. The molecule has 4 nitrogen and oxygen atoms in total. The molecule has 1 unspecified atom stereocenters. The van der Waals surface area contributed by atoms with E-state index in [0.717, 1.165) is 11.3 Å². The Morgan fingerprint density at radius 3 is 2.53 bits per heavy atom. The molecule has 0 aliphatic heterocycles. The lowest BCUT2D eigenvalue weighted by Crippen LogP contribution is -2.41. The zero-order chi connectivity index (χ0) is 13.0. The van der Waals surface area contributed by atoms with E-state index in [4.69, 9.17) is 5.73 Å². The summed E-state index contributed by atoms with van der Waals surface area (Å²) in [5.41, 5.74) is 8.38. The number of aryl methyl sites for hydroxylation is 1. The monoisotopic (exact) mass is 235 g/mol. The molecule has 1 rings (SSSR count). The molecule has 17 heavy (non-hydrogen) atoms. The van der Waals surface area contributed by atoms with Crippen molar-refractivity contribution < 1.29 is 4.79 Å². The number of benzene rings is 1. The Labute approximate surface area is 103 Å². The third-order valence-electron chi connectivity index (χ3n) is 2.46. The second-order valence-electron chi connectivity index (χ2n) is 4.60. The Hall–Kier alpha value is -1.71. The Morgan fingerprint density at radius 2 is 1.94 bits per heavy atom. The molecule has 0 fully saturated rings. The van der Waals surface area contributed by atoms with Gasteiger partial charge in [0.2, 0.25) is 5.91 Å². The van der Waals surface area contributed by atoms with Gasteiger partial charge in [-0.05, 0) is 45.4 Å². The third-order valence-corrected chi connectivity index (χ3v) is 2.46. The minimum Gasteiger partial charge on any atom is -0.399 e. The maximum absolute atomic E-state index is 11.7. The van der Waals surface area contributed by atoms with Crippen LogP contribution in [-0.2, 0) is 4.79 Å². The van der Waals surface area contributed by atoms with E-state index in [1.54, 1.807) is 0 Å². The minimum atomic E-state index is -0.280. The first kappa shape index (κ1) is 13.4. The van der Waals surface area contributed by atoms with Crippen molar-refractivity contribution in [2.24, 2.45) is 0 Å². The fraction of sp³-hybridized carbons (Fsp3) is 0.462. The average Bonchev–Trinajstić information content (AvgIpc) is 2.22. The third kappa shape index (κ3) is 3.98. The van der Waals surface area contributed by atoms with Crippen molar-refractivity contribution in [3.63, 3.8) is 0 Å². The topological polar surface area (TPSA) is 67.1 Å². The summed E-state index contributed by atoms with van der Waals surface area (Å²) in [5, 5.41) is 6.03. The van der Waals surface area contributed by atoms with Crippen LogP contribution in [0.2, 0.25) is 0 Å². The number of hydrogen-bond acceptors (Lipinski definition) is 3. The molecule has 1 atom stereocenters. The summed E-state index contributed by atoms with van der Waals surface area (Å²) in [4.78, 5) is 11.7. The fourth-order valence-corrected chi connectivity index (χ4v) is 1.50. The van der Waals surface area contributed by atoms with Crippen molar-refractivity contribution in [1.82, 2.24) is 5.32 Å². The summed E-state index contributed by atoms with van der Waals surface area (Å²) in [7, 11) is 0. The number of amides is 1. The number of hydrogen-bond donors (Lipinski definition) is 3. The number of carbonyl (C=O) groups is 1. The Morgan fingerprint density at radius 1 is 1.29 bits per heavy atom. The molecule has 0 bridgehead atoms. The summed E-state index contributed by atoms with van der Waals surface area (Å²) >= 11 is 0. The highest BCUT2D eigenvalue weighted by Crippen LogP contribution is 2.18. The number of anilines is 2. The number of nitrogen functional groups attached to an aromatic ring is 1. The quantitative estimate of drug-likeness (QED) is 0.698. The van der Waals surface area contributed by atoms with Crippen molar-refractivity contribution in [2.45, 2.75) is 39.8 Å². The van der Waals surface area contributed by atoms with E-state index in [-0.39, 0.29) is 18.0 Å². The molecule has 0 saturated carbocycles. The van der Waals surface area contributed by atoms with Crippen LogP contribution in [0.4, 0.5) is 11.4 Å². The molecule has 0 spiro atoms. The highest BCUT2D eigenvalue weighted by atomic mass is 16.2. The number of rotatable bonds is 4. The average molecular weight is 235 g/mol. The van der Waals surface area contributed by atoms with Gasteiger partial charge in [-0.15, -0.1) is 0 Å². The zero-order valence-electron chi connectivity index (χ0n) is 10.9. The molecule has 0 saturated heterocycles. The number of nitrogens with two attached hydrogens (primary N) is 1. The van der Waals surface area contributed by atoms with Gasteiger partial charge in [0.1, 0.15) is 6.04 Å². The van der Waals surface area contributed by atoms with Crippen molar-refractivity contribution in [2.75, 3.05) is 11.1 Å². The molecule has 0 radical (unpaired) electrons. The van der Waals surface area contributed by atoms with E-state index >= 15 is 0 Å². The molecule has 4 heteroatoms. The first-order valence-corrected chi connectivity index (χ1v) is 5.83. The van der Waals surface area contributed by atoms with Gasteiger partial charge in [-0.2, -0.15) is 0 Å². The van der Waals surface area contributed by atoms with Crippen LogP contribution in [0.15, 0.2) is 18.2 Å². The summed E-state index contributed by atoms with van der Waals surface area (Å²) in [6, 6.07) is 5.49. The van der Waals surface area contributed by atoms with Gasteiger partial charge in [0.05, 0.1) is 0 Å². The van der Waals surface area contributed by atoms with Crippen LogP contribution in [0.25, 0.3) is 0 Å². The van der Waals surface area contributed by atoms with Gasteiger partial charge in [-0.25, -0.2) is 0 Å². The lowest BCUT2D eigenvalue weighted by atomic mass is 10.1.